The molecule has 138 valence electrons. The van der Waals surface area contributed by atoms with Crippen molar-refractivity contribution in [1.29, 1.82) is 0 Å². The molecule has 8 nitrogen and oxygen atoms in total. The van der Waals surface area contributed by atoms with E-state index >= 15 is 0 Å². The third-order valence-corrected chi connectivity index (χ3v) is 5.03. The van der Waals surface area contributed by atoms with Gasteiger partial charge in [-0.05, 0) is 31.0 Å². The summed E-state index contributed by atoms with van der Waals surface area (Å²) < 4.78 is 1.48. The fraction of sp³-hybridized carbons (Fsp3) is 0.278. The van der Waals surface area contributed by atoms with Crippen molar-refractivity contribution in [3.8, 4) is 5.69 Å². The zero-order valence-electron chi connectivity index (χ0n) is 14.2. The molecule has 2 atom stereocenters. The van der Waals surface area contributed by atoms with Gasteiger partial charge in [-0.2, -0.15) is 5.10 Å². The average Bonchev–Trinajstić information content (AvgIpc) is 3.26. The topological polar surface area (TPSA) is 97.2 Å². The van der Waals surface area contributed by atoms with E-state index in [2.05, 4.69) is 15.4 Å². The summed E-state index contributed by atoms with van der Waals surface area (Å²) in [7, 11) is 0. The minimum absolute atomic E-state index is 0.285. The molecule has 1 saturated heterocycles. The van der Waals surface area contributed by atoms with Crippen LogP contribution in [0.4, 0.5) is 5.69 Å². The molecule has 1 aromatic heterocycles. The molecule has 2 heterocycles. The lowest BCUT2D eigenvalue weighted by molar-refractivity contribution is -0.142. The van der Waals surface area contributed by atoms with Crippen LogP contribution in [0, 0.1) is 11.8 Å². The third-order valence-electron chi connectivity index (χ3n) is 4.80. The zero-order valence-corrected chi connectivity index (χ0v) is 15.0. The molecule has 27 heavy (non-hydrogen) atoms. The van der Waals surface area contributed by atoms with Gasteiger partial charge in [0.2, 0.25) is 17.7 Å². The number of aromatic nitrogens is 3. The predicted molar refractivity (Wildman–Crippen MR) is 97.1 cm³/mol. The maximum absolute atomic E-state index is 12.5. The second kappa shape index (κ2) is 6.96. The summed E-state index contributed by atoms with van der Waals surface area (Å²) in [4.78, 5) is 42.5. The molecule has 2 aromatic rings. The number of halogens is 1. The lowest BCUT2D eigenvalue weighted by Crippen LogP contribution is -2.38. The van der Waals surface area contributed by atoms with E-state index in [-0.39, 0.29) is 30.2 Å². The third kappa shape index (κ3) is 3.23. The van der Waals surface area contributed by atoms with Crippen LogP contribution in [0.3, 0.4) is 0 Å². The number of nitrogens with zero attached hydrogens (tertiary/aromatic N) is 4. The molecule has 1 aliphatic heterocycles. The van der Waals surface area contributed by atoms with Crippen molar-refractivity contribution in [3.63, 3.8) is 0 Å². The zero-order chi connectivity index (χ0) is 19.0. The first-order chi connectivity index (χ1) is 13.0. The molecule has 1 N–H and O–H groups in total. The van der Waals surface area contributed by atoms with Crippen LogP contribution in [0.2, 0.25) is 5.02 Å². The largest absolute Gasteiger partial charge is 0.323 e. The van der Waals surface area contributed by atoms with E-state index in [1.165, 1.54) is 17.3 Å². The van der Waals surface area contributed by atoms with Gasteiger partial charge in [0.1, 0.15) is 19.2 Å². The molecule has 0 bridgehead atoms. The van der Waals surface area contributed by atoms with E-state index < -0.39 is 5.91 Å². The van der Waals surface area contributed by atoms with Gasteiger partial charge in [-0.1, -0.05) is 23.8 Å². The summed E-state index contributed by atoms with van der Waals surface area (Å²) in [6.07, 6.45) is 7.76. The van der Waals surface area contributed by atoms with Gasteiger partial charge in [-0.15, -0.1) is 0 Å². The van der Waals surface area contributed by atoms with Crippen molar-refractivity contribution in [3.05, 3.63) is 48.0 Å². The molecule has 4 rings (SSSR count). The number of fused-ring (bicyclic) bond motifs is 1. The maximum atomic E-state index is 12.5. The molecule has 0 radical (unpaired) electrons. The van der Waals surface area contributed by atoms with E-state index in [4.69, 9.17) is 11.6 Å². The number of amides is 3. The van der Waals surface area contributed by atoms with E-state index in [0.717, 1.165) is 4.90 Å². The molecular weight excluding hydrogens is 370 g/mol. The van der Waals surface area contributed by atoms with Crippen molar-refractivity contribution in [1.82, 2.24) is 19.7 Å². The Morgan fingerprint density at radius 3 is 2.52 bits per heavy atom. The molecule has 0 unspecified atom stereocenters. The van der Waals surface area contributed by atoms with Crippen molar-refractivity contribution in [2.45, 2.75) is 12.8 Å². The summed E-state index contributed by atoms with van der Waals surface area (Å²) in [5, 5.41) is 7.19. The van der Waals surface area contributed by atoms with E-state index in [1.54, 1.807) is 18.2 Å². The van der Waals surface area contributed by atoms with Crippen LogP contribution in [0.5, 0.6) is 0 Å². The Balaban J connectivity index is 1.52. The summed E-state index contributed by atoms with van der Waals surface area (Å²) in [5.41, 5.74) is 0.985. The summed E-state index contributed by atoms with van der Waals surface area (Å²) >= 11 is 6.04. The minimum atomic E-state index is -0.480. The standard InChI is InChI=1S/C18H16ClN5O3/c19-11-5-6-15(24-10-20-9-21-24)14(7-11)22-16(25)8-23-17(26)12-3-1-2-4-13(12)18(23)27/h1-2,5-7,9-10,12-13H,3-4,8H2,(H,22,25)/t12-,13-/m1/s1. The smallest absolute Gasteiger partial charge is 0.244 e. The number of imide groups is 1. The highest BCUT2D eigenvalue weighted by atomic mass is 35.5. The lowest BCUT2D eigenvalue weighted by Gasteiger charge is -2.16. The van der Waals surface area contributed by atoms with Crippen molar-refractivity contribution < 1.29 is 14.4 Å². The number of benzene rings is 1. The Hall–Kier alpha value is -3.00. The van der Waals surface area contributed by atoms with Gasteiger partial charge >= 0.3 is 0 Å². The van der Waals surface area contributed by atoms with Crippen molar-refractivity contribution in [2.75, 3.05) is 11.9 Å². The van der Waals surface area contributed by atoms with Crippen LogP contribution in [0.25, 0.3) is 5.69 Å². The molecule has 0 spiro atoms. The second-order valence-corrected chi connectivity index (χ2v) is 6.90. The normalized spacial score (nSPS) is 21.4. The van der Waals surface area contributed by atoms with E-state index in [1.807, 2.05) is 12.2 Å². The molecule has 0 saturated carbocycles. The fourth-order valence-corrected chi connectivity index (χ4v) is 3.67. The van der Waals surface area contributed by atoms with Crippen LogP contribution in [0.1, 0.15) is 12.8 Å². The summed E-state index contributed by atoms with van der Waals surface area (Å²) in [6.45, 7) is -0.325. The van der Waals surface area contributed by atoms with E-state index in [9.17, 15) is 14.4 Å². The number of rotatable bonds is 4. The van der Waals surface area contributed by atoms with Gasteiger partial charge in [-0.25, -0.2) is 9.67 Å². The van der Waals surface area contributed by atoms with Crippen molar-refractivity contribution >= 4 is 35.0 Å². The van der Waals surface area contributed by atoms with Gasteiger partial charge < -0.3 is 5.32 Å². The first-order valence-corrected chi connectivity index (χ1v) is 8.87. The van der Waals surface area contributed by atoms with Gasteiger partial charge in [-0.3, -0.25) is 19.3 Å². The van der Waals surface area contributed by atoms with Crippen LogP contribution in [-0.2, 0) is 14.4 Å². The molecule has 1 fully saturated rings. The van der Waals surface area contributed by atoms with Gasteiger partial charge in [0.25, 0.3) is 0 Å². The summed E-state index contributed by atoms with van der Waals surface area (Å²) in [6, 6.07) is 4.94. The van der Waals surface area contributed by atoms with Crippen LogP contribution in [-0.4, -0.2) is 43.9 Å². The number of anilines is 1. The molecule has 2 aliphatic rings. The first kappa shape index (κ1) is 17.4. The molecular formula is C18H16ClN5O3. The molecule has 1 aliphatic carbocycles. The highest BCUT2D eigenvalue weighted by Gasteiger charge is 2.47. The number of likely N-dealkylation sites (tertiary alicyclic amines) is 1. The van der Waals surface area contributed by atoms with Crippen LogP contribution < -0.4 is 5.32 Å². The fourth-order valence-electron chi connectivity index (χ4n) is 3.50. The number of allylic oxidation sites excluding steroid dienone is 2. The Morgan fingerprint density at radius 1 is 1.19 bits per heavy atom. The lowest BCUT2D eigenvalue weighted by atomic mass is 9.85. The summed E-state index contributed by atoms with van der Waals surface area (Å²) in [5.74, 6) is -1.76. The van der Waals surface area contributed by atoms with Gasteiger partial charge in [0.05, 0.1) is 23.2 Å². The van der Waals surface area contributed by atoms with E-state index in [0.29, 0.717) is 29.2 Å². The first-order valence-electron chi connectivity index (χ1n) is 8.49. The predicted octanol–water partition coefficient (Wildman–Crippen LogP) is 1.81. The maximum Gasteiger partial charge on any atom is 0.244 e. The van der Waals surface area contributed by atoms with Gasteiger partial charge in [0.15, 0.2) is 0 Å². The Morgan fingerprint density at radius 2 is 1.89 bits per heavy atom. The van der Waals surface area contributed by atoms with Crippen LogP contribution in [0.15, 0.2) is 43.0 Å². The Labute approximate surface area is 159 Å². The SMILES string of the molecule is O=C(CN1C(=O)[C@@H]2CC=CC[C@H]2C1=O)Nc1cc(Cl)ccc1-n1cncn1. The average molecular weight is 386 g/mol. The number of hydrogen-bond acceptors (Lipinski definition) is 5. The number of carbonyl (C=O) groups excluding carboxylic acids is 3. The van der Waals surface area contributed by atoms with Crippen LogP contribution >= 0.6 is 11.6 Å². The molecule has 9 heteroatoms. The number of nitrogens with one attached hydrogen (secondary N) is 1. The second-order valence-electron chi connectivity index (χ2n) is 6.47. The number of hydrogen-bond donors (Lipinski definition) is 1. The number of carbonyl (C=O) groups is 3. The molecule has 1 aromatic carbocycles. The Bertz CT molecular complexity index is 914. The monoisotopic (exact) mass is 385 g/mol. The minimum Gasteiger partial charge on any atom is -0.323 e. The van der Waals surface area contributed by atoms with Gasteiger partial charge in [0, 0.05) is 5.02 Å². The molecule has 3 amide bonds. The van der Waals surface area contributed by atoms with Crippen molar-refractivity contribution in [2.24, 2.45) is 11.8 Å². The highest BCUT2D eigenvalue weighted by Crippen LogP contribution is 2.35. The Kier molecular flexibility index (Phi) is 4.49. The highest BCUT2D eigenvalue weighted by molar-refractivity contribution is 6.31. The quantitative estimate of drug-likeness (QED) is 0.639.